The molecule has 0 aliphatic carbocycles. The maximum atomic E-state index is 11.5. The fourth-order valence-corrected chi connectivity index (χ4v) is 1.34. The van der Waals surface area contributed by atoms with Crippen molar-refractivity contribution in [3.63, 3.8) is 0 Å². The second kappa shape index (κ2) is 8.99. The Morgan fingerprint density at radius 1 is 1.42 bits per heavy atom. The normalized spacial score (nSPS) is 9.89. The predicted molar refractivity (Wildman–Crippen MR) is 75.0 cm³/mol. The highest BCUT2D eigenvalue weighted by atomic mass is 16.5. The molecule has 5 nitrogen and oxygen atoms in total. The molecule has 0 aromatic heterocycles. The van der Waals surface area contributed by atoms with E-state index in [1.165, 1.54) is 0 Å². The summed E-state index contributed by atoms with van der Waals surface area (Å²) < 4.78 is 10.6. The van der Waals surface area contributed by atoms with E-state index >= 15 is 0 Å². The van der Waals surface area contributed by atoms with Gasteiger partial charge in [-0.05, 0) is 18.6 Å². The van der Waals surface area contributed by atoms with Crippen LogP contribution in [0.4, 0.5) is 5.69 Å². The first-order chi connectivity index (χ1) is 9.22. The van der Waals surface area contributed by atoms with Gasteiger partial charge in [0.25, 0.3) is 5.91 Å². The molecule has 0 bridgehead atoms. The van der Waals surface area contributed by atoms with Gasteiger partial charge in [0, 0.05) is 18.3 Å². The van der Waals surface area contributed by atoms with E-state index in [1.807, 2.05) is 0 Å². The molecule has 1 rings (SSSR count). The Hall–Kier alpha value is -2.01. The third-order valence-electron chi connectivity index (χ3n) is 2.26. The van der Waals surface area contributed by atoms with Gasteiger partial charge in [0.15, 0.2) is 6.61 Å². The lowest BCUT2D eigenvalue weighted by Crippen LogP contribution is -2.31. The highest BCUT2D eigenvalue weighted by Gasteiger charge is 2.02. The number of carbonyl (C=O) groups is 1. The van der Waals surface area contributed by atoms with E-state index in [1.54, 1.807) is 30.3 Å². The van der Waals surface area contributed by atoms with Gasteiger partial charge in [0.2, 0.25) is 0 Å². The van der Waals surface area contributed by atoms with Crippen LogP contribution in [0.2, 0.25) is 0 Å². The monoisotopic (exact) mass is 264 g/mol. The van der Waals surface area contributed by atoms with Crippen LogP contribution in [0.3, 0.4) is 0 Å². The molecular formula is C14H20N2O3. The largest absolute Gasteiger partial charge is 0.484 e. The second-order valence-electron chi connectivity index (χ2n) is 3.90. The molecule has 1 aromatic rings. The lowest BCUT2D eigenvalue weighted by molar-refractivity contribution is -0.123. The average Bonchev–Trinajstić information content (AvgIpc) is 2.40. The Kier molecular flexibility index (Phi) is 7.12. The Morgan fingerprint density at radius 3 is 3.00 bits per heavy atom. The first-order valence-electron chi connectivity index (χ1n) is 6.16. The van der Waals surface area contributed by atoms with Crippen LogP contribution in [0.25, 0.3) is 0 Å². The van der Waals surface area contributed by atoms with E-state index in [-0.39, 0.29) is 12.5 Å². The van der Waals surface area contributed by atoms with Gasteiger partial charge in [0.05, 0.1) is 13.2 Å². The zero-order chi connectivity index (χ0) is 13.9. The predicted octanol–water partition coefficient (Wildman–Crippen LogP) is 1.36. The number of rotatable bonds is 9. The molecule has 0 unspecified atom stereocenters. The Balaban J connectivity index is 2.09. The highest BCUT2D eigenvalue weighted by molar-refractivity contribution is 5.77. The Bertz CT molecular complexity index is 407. The van der Waals surface area contributed by atoms with Gasteiger partial charge < -0.3 is 20.5 Å². The summed E-state index contributed by atoms with van der Waals surface area (Å²) >= 11 is 0. The maximum Gasteiger partial charge on any atom is 0.258 e. The molecule has 3 N–H and O–H groups in total. The molecule has 0 fully saturated rings. The van der Waals surface area contributed by atoms with Gasteiger partial charge in [-0.3, -0.25) is 4.79 Å². The summed E-state index contributed by atoms with van der Waals surface area (Å²) in [4.78, 5) is 11.5. The topological polar surface area (TPSA) is 73.6 Å². The molecule has 0 saturated heterocycles. The highest BCUT2D eigenvalue weighted by Crippen LogP contribution is 2.13. The van der Waals surface area contributed by atoms with Crippen LogP contribution >= 0.6 is 0 Å². The zero-order valence-corrected chi connectivity index (χ0v) is 10.9. The third-order valence-corrected chi connectivity index (χ3v) is 2.26. The lowest BCUT2D eigenvalue weighted by atomic mass is 10.3. The molecule has 0 atom stereocenters. The van der Waals surface area contributed by atoms with Gasteiger partial charge in [-0.25, -0.2) is 0 Å². The lowest BCUT2D eigenvalue weighted by Gasteiger charge is -2.08. The number of amides is 1. The number of benzene rings is 1. The number of nitrogens with one attached hydrogen (secondary N) is 1. The van der Waals surface area contributed by atoms with Crippen LogP contribution < -0.4 is 15.8 Å². The minimum absolute atomic E-state index is 0.0316. The quantitative estimate of drug-likeness (QED) is 0.401. The summed E-state index contributed by atoms with van der Waals surface area (Å²) in [6.45, 7) is 5.14. The molecular weight excluding hydrogens is 244 g/mol. The number of hydrogen-bond donors (Lipinski definition) is 2. The van der Waals surface area contributed by atoms with Crippen LogP contribution in [0.15, 0.2) is 36.9 Å². The van der Waals surface area contributed by atoms with Gasteiger partial charge in [-0.15, -0.1) is 6.58 Å². The second-order valence-corrected chi connectivity index (χ2v) is 3.90. The first kappa shape index (κ1) is 15.0. The van der Waals surface area contributed by atoms with Crippen molar-refractivity contribution >= 4 is 11.6 Å². The molecule has 0 heterocycles. The van der Waals surface area contributed by atoms with Gasteiger partial charge in [0.1, 0.15) is 5.75 Å². The van der Waals surface area contributed by atoms with E-state index in [0.29, 0.717) is 31.2 Å². The fourth-order valence-electron chi connectivity index (χ4n) is 1.34. The summed E-state index contributed by atoms with van der Waals surface area (Å²) in [5.74, 6) is 0.395. The molecule has 0 saturated carbocycles. The molecule has 1 amide bonds. The summed E-state index contributed by atoms with van der Waals surface area (Å²) in [5, 5.41) is 2.70. The molecule has 19 heavy (non-hydrogen) atoms. The molecule has 0 radical (unpaired) electrons. The minimum Gasteiger partial charge on any atom is -0.484 e. The number of nitrogens with two attached hydrogens (primary N) is 1. The number of carbonyl (C=O) groups excluding carboxylic acids is 1. The zero-order valence-electron chi connectivity index (χ0n) is 10.9. The Morgan fingerprint density at radius 2 is 2.26 bits per heavy atom. The smallest absolute Gasteiger partial charge is 0.258 e. The maximum absolute atomic E-state index is 11.5. The van der Waals surface area contributed by atoms with Crippen LogP contribution in [0, 0.1) is 0 Å². The van der Waals surface area contributed by atoms with Gasteiger partial charge in [-0.2, -0.15) is 0 Å². The number of anilines is 1. The fraction of sp³-hybridized carbons (Fsp3) is 0.357. The number of hydrogen-bond acceptors (Lipinski definition) is 4. The first-order valence-corrected chi connectivity index (χ1v) is 6.16. The van der Waals surface area contributed by atoms with Crippen LogP contribution in [-0.4, -0.2) is 32.3 Å². The van der Waals surface area contributed by atoms with E-state index in [2.05, 4.69) is 11.9 Å². The van der Waals surface area contributed by atoms with E-state index in [4.69, 9.17) is 15.2 Å². The number of ether oxygens (including phenoxy) is 2. The van der Waals surface area contributed by atoms with Crippen LogP contribution in [0.1, 0.15) is 6.42 Å². The van der Waals surface area contributed by atoms with Crippen molar-refractivity contribution in [3.05, 3.63) is 36.9 Å². The molecule has 0 aliphatic heterocycles. The summed E-state index contributed by atoms with van der Waals surface area (Å²) in [6.07, 6.45) is 2.60. The van der Waals surface area contributed by atoms with Crippen molar-refractivity contribution in [1.82, 2.24) is 5.32 Å². The van der Waals surface area contributed by atoms with Crippen LogP contribution in [0.5, 0.6) is 5.75 Å². The van der Waals surface area contributed by atoms with Crippen molar-refractivity contribution in [2.75, 3.05) is 32.1 Å². The van der Waals surface area contributed by atoms with Gasteiger partial charge >= 0.3 is 0 Å². The SMILES string of the molecule is C=CCCOCCNC(=O)COc1cccc(N)c1. The summed E-state index contributed by atoms with van der Waals surface area (Å²) in [7, 11) is 0. The average molecular weight is 264 g/mol. The van der Waals surface area contributed by atoms with Crippen molar-refractivity contribution in [3.8, 4) is 5.75 Å². The molecule has 1 aromatic carbocycles. The van der Waals surface area contributed by atoms with Gasteiger partial charge in [-0.1, -0.05) is 12.1 Å². The minimum atomic E-state index is -0.185. The van der Waals surface area contributed by atoms with Crippen LogP contribution in [-0.2, 0) is 9.53 Å². The molecule has 104 valence electrons. The molecule has 5 heteroatoms. The molecule has 0 aliphatic rings. The van der Waals surface area contributed by atoms with Crippen molar-refractivity contribution in [2.45, 2.75) is 6.42 Å². The van der Waals surface area contributed by atoms with E-state index in [9.17, 15) is 4.79 Å². The van der Waals surface area contributed by atoms with E-state index in [0.717, 1.165) is 6.42 Å². The van der Waals surface area contributed by atoms with Crippen molar-refractivity contribution in [1.29, 1.82) is 0 Å². The van der Waals surface area contributed by atoms with Crippen molar-refractivity contribution in [2.24, 2.45) is 0 Å². The molecule has 0 spiro atoms. The Labute approximate surface area is 113 Å². The van der Waals surface area contributed by atoms with E-state index < -0.39 is 0 Å². The van der Waals surface area contributed by atoms with Crippen molar-refractivity contribution < 1.29 is 14.3 Å². The summed E-state index contributed by atoms with van der Waals surface area (Å²) in [5.41, 5.74) is 6.20. The number of nitrogen functional groups attached to an aromatic ring is 1. The standard InChI is InChI=1S/C14H20N2O3/c1-2-3-8-18-9-7-16-14(17)11-19-13-6-4-5-12(15)10-13/h2,4-6,10H,1,3,7-9,11,15H2,(H,16,17). The summed E-state index contributed by atoms with van der Waals surface area (Å²) in [6, 6.07) is 6.96. The third kappa shape index (κ3) is 7.10.